The number of amides is 1. The van der Waals surface area contributed by atoms with Gasteiger partial charge in [-0.3, -0.25) is 4.79 Å². The molecule has 164 valence electrons. The zero-order chi connectivity index (χ0) is 21.4. The fourth-order valence-corrected chi connectivity index (χ4v) is 6.22. The molecule has 0 bridgehead atoms. The molecule has 2 aromatic rings. The predicted octanol–water partition coefficient (Wildman–Crippen LogP) is 2.46. The summed E-state index contributed by atoms with van der Waals surface area (Å²) < 4.78 is 33.2. The Morgan fingerprint density at radius 3 is 2.77 bits per heavy atom. The van der Waals surface area contributed by atoms with Crippen LogP contribution in [0.5, 0.6) is 0 Å². The first-order valence-electron chi connectivity index (χ1n) is 10.2. The number of carbonyl (C=O) groups excluding carboxylic acids is 1. The minimum atomic E-state index is -3.51. The largest absolute Gasteiger partial charge is 0.380 e. The van der Waals surface area contributed by atoms with E-state index in [1.54, 1.807) is 36.4 Å². The second-order valence-electron chi connectivity index (χ2n) is 7.18. The van der Waals surface area contributed by atoms with Crippen LogP contribution in [0, 0.1) is 0 Å². The molecule has 2 N–H and O–H groups in total. The average Bonchev–Trinajstić information content (AvgIpc) is 3.43. The topological polar surface area (TPSA) is 87.7 Å². The summed E-state index contributed by atoms with van der Waals surface area (Å²) in [6.45, 7) is 5.46. The molecule has 30 heavy (non-hydrogen) atoms. The van der Waals surface area contributed by atoms with E-state index in [2.05, 4.69) is 17.6 Å². The lowest BCUT2D eigenvalue weighted by Crippen LogP contribution is -2.36. The van der Waals surface area contributed by atoms with Crippen LogP contribution in [0.2, 0.25) is 0 Å². The number of carbonyl (C=O) groups is 1. The molecule has 1 saturated heterocycles. The van der Waals surface area contributed by atoms with Crippen LogP contribution in [-0.2, 0) is 21.3 Å². The quantitative estimate of drug-likeness (QED) is 0.513. The zero-order valence-corrected chi connectivity index (χ0v) is 18.8. The number of rotatable bonds is 11. The van der Waals surface area contributed by atoms with Crippen molar-refractivity contribution >= 4 is 27.3 Å². The Balaban J connectivity index is 1.50. The predicted molar refractivity (Wildman–Crippen MR) is 118 cm³/mol. The SMILES string of the molecule is CCCOCCNC1CCN(S(=O)(=O)c2ccc(CNC(=O)c3ccccc3)s2)C1. The van der Waals surface area contributed by atoms with Crippen LogP contribution in [-0.4, -0.2) is 57.5 Å². The minimum absolute atomic E-state index is 0.148. The molecule has 9 heteroatoms. The monoisotopic (exact) mass is 451 g/mol. The maximum atomic E-state index is 13.0. The summed E-state index contributed by atoms with van der Waals surface area (Å²) >= 11 is 1.21. The van der Waals surface area contributed by atoms with Crippen LogP contribution in [0.25, 0.3) is 0 Å². The molecular formula is C21H29N3O4S2. The number of nitrogens with one attached hydrogen (secondary N) is 2. The van der Waals surface area contributed by atoms with Gasteiger partial charge < -0.3 is 15.4 Å². The van der Waals surface area contributed by atoms with Crippen LogP contribution in [0.4, 0.5) is 0 Å². The van der Waals surface area contributed by atoms with Gasteiger partial charge >= 0.3 is 0 Å². The third kappa shape index (κ3) is 6.12. The maximum absolute atomic E-state index is 13.0. The number of nitrogens with zero attached hydrogens (tertiary/aromatic N) is 1. The number of hydrogen-bond donors (Lipinski definition) is 2. The van der Waals surface area contributed by atoms with Crippen molar-refractivity contribution in [1.82, 2.24) is 14.9 Å². The lowest BCUT2D eigenvalue weighted by Gasteiger charge is -2.16. The van der Waals surface area contributed by atoms with E-state index in [0.717, 1.165) is 30.9 Å². The maximum Gasteiger partial charge on any atom is 0.252 e. The summed E-state index contributed by atoms with van der Waals surface area (Å²) in [6, 6.07) is 12.5. The molecule has 1 aromatic carbocycles. The first-order valence-corrected chi connectivity index (χ1v) is 12.5. The van der Waals surface area contributed by atoms with E-state index >= 15 is 0 Å². The van der Waals surface area contributed by atoms with Gasteiger partial charge in [-0.2, -0.15) is 4.31 Å². The molecule has 1 amide bonds. The van der Waals surface area contributed by atoms with Gasteiger partial charge in [0, 0.05) is 42.7 Å². The zero-order valence-electron chi connectivity index (χ0n) is 17.2. The van der Waals surface area contributed by atoms with Crippen LogP contribution in [0.3, 0.4) is 0 Å². The van der Waals surface area contributed by atoms with E-state index in [4.69, 9.17) is 4.74 Å². The van der Waals surface area contributed by atoms with Crippen LogP contribution in [0.1, 0.15) is 35.0 Å². The van der Waals surface area contributed by atoms with Gasteiger partial charge in [0.05, 0.1) is 13.2 Å². The Morgan fingerprint density at radius 1 is 1.20 bits per heavy atom. The van der Waals surface area contributed by atoms with Crippen molar-refractivity contribution in [2.75, 3.05) is 32.8 Å². The Bertz CT molecular complexity index is 915. The third-order valence-electron chi connectivity index (χ3n) is 4.87. The Labute approximate surface area is 182 Å². The normalized spacial score (nSPS) is 17.3. The van der Waals surface area contributed by atoms with Gasteiger partial charge in [-0.25, -0.2) is 8.42 Å². The van der Waals surface area contributed by atoms with Gasteiger partial charge in [-0.1, -0.05) is 25.1 Å². The summed E-state index contributed by atoms with van der Waals surface area (Å²) in [5.74, 6) is -0.176. The fourth-order valence-electron chi connectivity index (χ4n) is 3.27. The van der Waals surface area contributed by atoms with E-state index in [1.165, 1.54) is 15.6 Å². The molecule has 1 aliphatic heterocycles. The molecular weight excluding hydrogens is 422 g/mol. The van der Waals surface area contributed by atoms with Crippen molar-refractivity contribution < 1.29 is 17.9 Å². The second-order valence-corrected chi connectivity index (χ2v) is 10.5. The van der Waals surface area contributed by atoms with Gasteiger partial charge in [0.15, 0.2) is 0 Å². The molecule has 0 spiro atoms. The van der Waals surface area contributed by atoms with Gasteiger partial charge in [0.25, 0.3) is 15.9 Å². The van der Waals surface area contributed by atoms with Crippen molar-refractivity contribution in [3.05, 3.63) is 52.9 Å². The van der Waals surface area contributed by atoms with Crippen molar-refractivity contribution in [3.8, 4) is 0 Å². The van der Waals surface area contributed by atoms with Crippen molar-refractivity contribution in [1.29, 1.82) is 0 Å². The van der Waals surface area contributed by atoms with Gasteiger partial charge in [-0.15, -0.1) is 11.3 Å². The van der Waals surface area contributed by atoms with E-state index in [-0.39, 0.29) is 11.9 Å². The summed E-state index contributed by atoms with van der Waals surface area (Å²) in [5.41, 5.74) is 0.581. The highest BCUT2D eigenvalue weighted by molar-refractivity contribution is 7.91. The van der Waals surface area contributed by atoms with Crippen LogP contribution in [0.15, 0.2) is 46.7 Å². The molecule has 1 aliphatic rings. The third-order valence-corrected chi connectivity index (χ3v) is 8.29. The summed E-state index contributed by atoms with van der Waals surface area (Å²) in [6.07, 6.45) is 1.78. The van der Waals surface area contributed by atoms with Crippen molar-refractivity contribution in [2.24, 2.45) is 0 Å². The molecule has 0 aliphatic carbocycles. The summed E-state index contributed by atoms with van der Waals surface area (Å²) in [4.78, 5) is 13.0. The number of thiophene rings is 1. The highest BCUT2D eigenvalue weighted by atomic mass is 32.2. The fraction of sp³-hybridized carbons (Fsp3) is 0.476. The summed E-state index contributed by atoms with van der Waals surface area (Å²) in [7, 11) is -3.51. The molecule has 2 heterocycles. The van der Waals surface area contributed by atoms with Crippen LogP contribution < -0.4 is 10.6 Å². The van der Waals surface area contributed by atoms with Crippen molar-refractivity contribution in [3.63, 3.8) is 0 Å². The van der Waals surface area contributed by atoms with E-state index in [0.29, 0.717) is 36.0 Å². The Hall–Kier alpha value is -1.78. The van der Waals surface area contributed by atoms with Gasteiger partial charge in [0.2, 0.25) is 0 Å². The van der Waals surface area contributed by atoms with Crippen LogP contribution >= 0.6 is 11.3 Å². The highest BCUT2D eigenvalue weighted by Gasteiger charge is 2.33. The molecule has 1 fully saturated rings. The molecule has 0 saturated carbocycles. The molecule has 7 nitrogen and oxygen atoms in total. The Kier molecular flexibility index (Phi) is 8.41. The number of benzene rings is 1. The first kappa shape index (κ1) is 22.9. The smallest absolute Gasteiger partial charge is 0.252 e. The first-order chi connectivity index (χ1) is 14.5. The van der Waals surface area contributed by atoms with Gasteiger partial charge in [0.1, 0.15) is 4.21 Å². The van der Waals surface area contributed by atoms with Gasteiger partial charge in [-0.05, 0) is 37.1 Å². The lowest BCUT2D eigenvalue weighted by atomic mass is 10.2. The average molecular weight is 452 g/mol. The van der Waals surface area contributed by atoms with E-state index in [1.807, 2.05) is 6.07 Å². The molecule has 3 rings (SSSR count). The highest BCUT2D eigenvalue weighted by Crippen LogP contribution is 2.27. The number of hydrogen-bond acceptors (Lipinski definition) is 6. The molecule has 0 radical (unpaired) electrons. The van der Waals surface area contributed by atoms with E-state index < -0.39 is 10.0 Å². The molecule has 1 aromatic heterocycles. The number of ether oxygens (including phenoxy) is 1. The van der Waals surface area contributed by atoms with Crippen molar-refractivity contribution in [2.45, 2.75) is 36.6 Å². The summed E-state index contributed by atoms with van der Waals surface area (Å²) in [5, 5.41) is 6.21. The lowest BCUT2D eigenvalue weighted by molar-refractivity contribution is 0.0951. The minimum Gasteiger partial charge on any atom is -0.380 e. The molecule has 1 atom stereocenters. The number of sulfonamides is 1. The molecule has 1 unspecified atom stereocenters. The van der Waals surface area contributed by atoms with E-state index in [9.17, 15) is 13.2 Å². The standard InChI is InChI=1S/C21H29N3O4S2/c1-2-13-28-14-11-22-18-10-12-24(16-18)30(26,27)20-9-8-19(29-20)15-23-21(25)17-6-4-3-5-7-17/h3-9,18,22H,2,10-16H2,1H3,(H,23,25). The second kappa shape index (κ2) is 11.0. The Morgan fingerprint density at radius 2 is 2.00 bits per heavy atom.